The molecule has 1 heterocycles. The molecule has 2 saturated carbocycles. The number of urea groups is 1. The SMILES string of the molecule is CN(C)[C@]1(c2ccccc2)CC[C@@]2(CC1)CN(c1ccc(S(C)(=O)=O)cc1C#N)C(=O)N2CC1CCC1. The summed E-state index contributed by atoms with van der Waals surface area (Å²) in [5.41, 5.74) is 1.65. The first-order valence-electron chi connectivity index (χ1n) is 13.2. The van der Waals surface area contributed by atoms with Gasteiger partial charge >= 0.3 is 6.03 Å². The van der Waals surface area contributed by atoms with E-state index in [1.165, 1.54) is 24.1 Å². The van der Waals surface area contributed by atoms with Crippen LogP contribution in [0, 0.1) is 17.2 Å². The Labute approximate surface area is 220 Å². The number of amides is 2. The largest absolute Gasteiger partial charge is 0.325 e. The summed E-state index contributed by atoms with van der Waals surface area (Å²) >= 11 is 0. The van der Waals surface area contributed by atoms with Crippen molar-refractivity contribution < 1.29 is 13.2 Å². The maximum absolute atomic E-state index is 14.0. The summed E-state index contributed by atoms with van der Waals surface area (Å²) in [5, 5.41) is 9.87. The first-order chi connectivity index (χ1) is 17.6. The lowest BCUT2D eigenvalue weighted by Crippen LogP contribution is -2.56. The number of benzene rings is 2. The highest BCUT2D eigenvalue weighted by atomic mass is 32.2. The fourth-order valence-corrected chi connectivity index (χ4v) is 7.21. The first kappa shape index (κ1) is 25.7. The molecule has 0 unspecified atom stereocenters. The number of nitriles is 1. The Hall–Kier alpha value is -2.89. The Balaban J connectivity index is 1.49. The van der Waals surface area contributed by atoms with Crippen molar-refractivity contribution in [2.24, 2.45) is 5.92 Å². The highest BCUT2D eigenvalue weighted by Gasteiger charge is 2.55. The van der Waals surface area contributed by atoms with Crippen LogP contribution in [-0.4, -0.2) is 63.2 Å². The van der Waals surface area contributed by atoms with E-state index in [-0.39, 0.29) is 27.6 Å². The van der Waals surface area contributed by atoms with Crippen LogP contribution < -0.4 is 4.90 Å². The Morgan fingerprint density at radius 3 is 2.27 bits per heavy atom. The Bertz CT molecular complexity index is 1320. The molecule has 3 fully saturated rings. The lowest BCUT2D eigenvalue weighted by atomic mass is 9.68. The summed E-state index contributed by atoms with van der Waals surface area (Å²) in [7, 11) is 0.833. The molecule has 5 rings (SSSR count). The highest BCUT2D eigenvalue weighted by molar-refractivity contribution is 7.90. The van der Waals surface area contributed by atoms with Gasteiger partial charge in [0, 0.05) is 18.3 Å². The summed E-state index contributed by atoms with van der Waals surface area (Å²) in [4.78, 5) is 20.2. The van der Waals surface area contributed by atoms with Crippen LogP contribution in [-0.2, 0) is 15.4 Å². The lowest BCUT2D eigenvalue weighted by molar-refractivity contribution is 0.0172. The Morgan fingerprint density at radius 1 is 1.05 bits per heavy atom. The molecule has 1 saturated heterocycles. The van der Waals surface area contributed by atoms with Crippen LogP contribution >= 0.6 is 0 Å². The lowest BCUT2D eigenvalue weighted by Gasteiger charge is -2.51. The van der Waals surface area contributed by atoms with Crippen molar-refractivity contribution in [3.05, 3.63) is 59.7 Å². The third-order valence-electron chi connectivity index (χ3n) is 9.13. The van der Waals surface area contributed by atoms with Crippen molar-refractivity contribution in [3.63, 3.8) is 0 Å². The van der Waals surface area contributed by atoms with Gasteiger partial charge in [0.25, 0.3) is 0 Å². The van der Waals surface area contributed by atoms with Crippen molar-refractivity contribution in [3.8, 4) is 6.07 Å². The average Bonchev–Trinajstić information content (AvgIpc) is 3.12. The molecule has 0 bridgehead atoms. The second-order valence-corrected chi connectivity index (χ2v) is 13.4. The molecule has 7 nitrogen and oxygen atoms in total. The molecule has 3 aliphatic rings. The molecule has 2 aromatic carbocycles. The van der Waals surface area contributed by atoms with E-state index >= 15 is 0 Å². The Morgan fingerprint density at radius 2 is 1.73 bits per heavy atom. The molecule has 8 heteroatoms. The van der Waals surface area contributed by atoms with Crippen LogP contribution in [0.2, 0.25) is 0 Å². The van der Waals surface area contributed by atoms with Crippen LogP contribution in [0.3, 0.4) is 0 Å². The third kappa shape index (κ3) is 4.42. The number of carbonyl (C=O) groups is 1. The zero-order valence-electron chi connectivity index (χ0n) is 22.0. The van der Waals surface area contributed by atoms with Gasteiger partial charge in [0.1, 0.15) is 6.07 Å². The van der Waals surface area contributed by atoms with Gasteiger partial charge in [0.05, 0.1) is 28.2 Å². The van der Waals surface area contributed by atoms with Crippen molar-refractivity contribution in [1.82, 2.24) is 9.80 Å². The van der Waals surface area contributed by atoms with Gasteiger partial charge in [-0.05, 0) is 82.3 Å². The topological polar surface area (TPSA) is 84.7 Å². The molecule has 2 aliphatic carbocycles. The minimum absolute atomic E-state index is 0.0624. The van der Waals surface area contributed by atoms with E-state index in [1.807, 2.05) is 6.07 Å². The van der Waals surface area contributed by atoms with E-state index < -0.39 is 9.84 Å². The second kappa shape index (κ2) is 9.45. The predicted octanol–water partition coefficient (Wildman–Crippen LogP) is 4.77. The quantitative estimate of drug-likeness (QED) is 0.548. The molecule has 0 N–H and O–H groups in total. The molecule has 1 spiro atoms. The number of carbonyl (C=O) groups excluding carboxylic acids is 1. The average molecular weight is 521 g/mol. The van der Waals surface area contributed by atoms with Gasteiger partial charge in [-0.3, -0.25) is 9.80 Å². The number of sulfone groups is 1. The standard InChI is InChI=1S/C29H36N4O3S/c1-31(2)29(24-10-5-4-6-11-24)16-14-28(15-17-29)21-32(27(34)33(28)20-22-8-7-9-22)26-13-12-25(37(3,35)36)18-23(26)19-30/h4-6,10-13,18,22H,7-9,14-17,20-21H2,1-3H3/t28-,29-. The van der Waals surface area contributed by atoms with E-state index in [4.69, 9.17) is 0 Å². The van der Waals surface area contributed by atoms with Gasteiger partial charge in [-0.1, -0.05) is 36.8 Å². The number of rotatable bonds is 6. The molecule has 2 amide bonds. The minimum Gasteiger partial charge on any atom is -0.317 e. The van der Waals surface area contributed by atoms with Crippen molar-refractivity contribution in [1.29, 1.82) is 5.26 Å². The fraction of sp³-hybridized carbons (Fsp3) is 0.517. The van der Waals surface area contributed by atoms with Crippen LogP contribution in [0.25, 0.3) is 0 Å². The van der Waals surface area contributed by atoms with E-state index in [0.29, 0.717) is 18.2 Å². The third-order valence-corrected chi connectivity index (χ3v) is 10.2. The number of anilines is 1. The maximum Gasteiger partial charge on any atom is 0.325 e. The molecule has 196 valence electrons. The summed E-state index contributed by atoms with van der Waals surface area (Å²) in [6, 6.07) is 17.3. The zero-order chi connectivity index (χ0) is 26.4. The van der Waals surface area contributed by atoms with Gasteiger partial charge in [-0.25, -0.2) is 13.2 Å². The van der Waals surface area contributed by atoms with Crippen LogP contribution in [0.1, 0.15) is 56.1 Å². The first-order valence-corrected chi connectivity index (χ1v) is 15.1. The van der Waals surface area contributed by atoms with Gasteiger partial charge in [-0.2, -0.15) is 5.26 Å². The smallest absolute Gasteiger partial charge is 0.317 e. The van der Waals surface area contributed by atoms with Gasteiger partial charge < -0.3 is 4.90 Å². The number of hydrogen-bond donors (Lipinski definition) is 0. The molecule has 2 aromatic rings. The Kier molecular flexibility index (Phi) is 6.57. The molecule has 0 atom stereocenters. The molecular formula is C29H36N4O3S. The van der Waals surface area contributed by atoms with Crippen molar-refractivity contribution in [2.75, 3.05) is 38.3 Å². The highest BCUT2D eigenvalue weighted by Crippen LogP contribution is 2.50. The second-order valence-electron chi connectivity index (χ2n) is 11.4. The monoisotopic (exact) mass is 520 g/mol. The summed E-state index contributed by atoms with van der Waals surface area (Å²) in [6.07, 6.45) is 8.26. The summed E-state index contributed by atoms with van der Waals surface area (Å²) < 4.78 is 24.2. The van der Waals surface area contributed by atoms with Crippen LogP contribution in [0.15, 0.2) is 53.4 Å². The van der Waals surface area contributed by atoms with E-state index in [2.05, 4.69) is 54.2 Å². The predicted molar refractivity (Wildman–Crippen MR) is 144 cm³/mol. The molecule has 0 radical (unpaired) electrons. The van der Waals surface area contributed by atoms with Crippen molar-refractivity contribution >= 4 is 21.6 Å². The van der Waals surface area contributed by atoms with Gasteiger partial charge in [-0.15, -0.1) is 0 Å². The number of hydrogen-bond acceptors (Lipinski definition) is 5. The molecular weight excluding hydrogens is 484 g/mol. The zero-order valence-corrected chi connectivity index (χ0v) is 22.8. The maximum atomic E-state index is 14.0. The van der Waals surface area contributed by atoms with Crippen LogP contribution in [0.5, 0.6) is 0 Å². The van der Waals surface area contributed by atoms with E-state index in [9.17, 15) is 18.5 Å². The van der Waals surface area contributed by atoms with Gasteiger partial charge in [0.15, 0.2) is 9.84 Å². The van der Waals surface area contributed by atoms with E-state index in [0.717, 1.165) is 51.3 Å². The van der Waals surface area contributed by atoms with Crippen LogP contribution in [0.4, 0.5) is 10.5 Å². The normalized spacial score (nSPS) is 26.5. The van der Waals surface area contributed by atoms with Crippen molar-refractivity contribution in [2.45, 2.75) is 60.9 Å². The molecule has 37 heavy (non-hydrogen) atoms. The number of nitrogens with zero attached hydrogens (tertiary/aromatic N) is 4. The van der Waals surface area contributed by atoms with Gasteiger partial charge in [0.2, 0.25) is 0 Å². The summed E-state index contributed by atoms with van der Waals surface area (Å²) in [5.74, 6) is 0.526. The fourth-order valence-electron chi connectivity index (χ4n) is 6.56. The minimum atomic E-state index is -3.46. The van der Waals surface area contributed by atoms with E-state index in [1.54, 1.807) is 11.0 Å². The molecule has 0 aromatic heterocycles. The molecule has 1 aliphatic heterocycles. The summed E-state index contributed by atoms with van der Waals surface area (Å²) in [6.45, 7) is 1.27.